The normalized spacial score (nSPS) is 34.3. The molecule has 2 aliphatic rings. The Balaban J connectivity index is 1.96. The van der Waals surface area contributed by atoms with Crippen LogP contribution in [0.25, 0.3) is 0 Å². The molecule has 2 saturated heterocycles. The molecule has 0 aromatic heterocycles. The fourth-order valence-electron chi connectivity index (χ4n) is 2.46. The van der Waals surface area contributed by atoms with Gasteiger partial charge in [0.2, 0.25) is 5.91 Å². The number of carbonyl (C=O) groups excluding carboxylic acids is 1. The van der Waals surface area contributed by atoms with Crippen molar-refractivity contribution >= 4 is 11.9 Å². The second-order valence-corrected chi connectivity index (χ2v) is 4.73. The van der Waals surface area contributed by atoms with Crippen LogP contribution in [0.2, 0.25) is 0 Å². The molecule has 1 N–H and O–H groups in total. The monoisotopic (exact) mass is 227 g/mol. The lowest BCUT2D eigenvalue weighted by molar-refractivity contribution is -0.142. The van der Waals surface area contributed by atoms with E-state index in [-0.39, 0.29) is 17.7 Å². The number of aliphatic carboxylic acids is 1. The Morgan fingerprint density at radius 2 is 2.12 bits per heavy atom. The maximum absolute atomic E-state index is 12.0. The highest BCUT2D eigenvalue weighted by Crippen LogP contribution is 2.26. The smallest absolute Gasteiger partial charge is 0.308 e. The molecule has 0 radical (unpaired) electrons. The van der Waals surface area contributed by atoms with E-state index in [1.165, 1.54) is 0 Å². The van der Waals surface area contributed by atoms with Gasteiger partial charge >= 0.3 is 5.97 Å². The van der Waals surface area contributed by atoms with E-state index in [0.717, 1.165) is 6.42 Å². The van der Waals surface area contributed by atoms with Crippen molar-refractivity contribution in [3.05, 3.63) is 0 Å². The molecular weight excluding hydrogens is 210 g/mol. The first kappa shape index (κ1) is 11.4. The highest BCUT2D eigenvalue weighted by Gasteiger charge is 2.39. The molecular formula is C11H17NO4. The van der Waals surface area contributed by atoms with Crippen LogP contribution in [0.1, 0.15) is 13.3 Å². The largest absolute Gasteiger partial charge is 0.481 e. The Morgan fingerprint density at radius 1 is 1.38 bits per heavy atom. The average Bonchev–Trinajstić information content (AvgIpc) is 2.84. The van der Waals surface area contributed by atoms with Crippen LogP contribution in [0.3, 0.4) is 0 Å². The van der Waals surface area contributed by atoms with Crippen LogP contribution in [0, 0.1) is 17.8 Å². The molecule has 1 amide bonds. The number of hydrogen-bond acceptors (Lipinski definition) is 3. The Kier molecular flexibility index (Phi) is 3.14. The molecule has 5 heteroatoms. The second-order valence-electron chi connectivity index (χ2n) is 4.73. The first-order valence-electron chi connectivity index (χ1n) is 5.69. The lowest BCUT2D eigenvalue weighted by Gasteiger charge is -2.19. The molecule has 1 unspecified atom stereocenters. The van der Waals surface area contributed by atoms with Crippen LogP contribution >= 0.6 is 0 Å². The fraction of sp³-hybridized carbons (Fsp3) is 0.818. The lowest BCUT2D eigenvalue weighted by atomic mass is 9.99. The van der Waals surface area contributed by atoms with Gasteiger partial charge in [0.05, 0.1) is 18.4 Å². The van der Waals surface area contributed by atoms with Crippen molar-refractivity contribution in [1.82, 2.24) is 4.90 Å². The van der Waals surface area contributed by atoms with Gasteiger partial charge in [0.15, 0.2) is 0 Å². The van der Waals surface area contributed by atoms with Gasteiger partial charge in [0, 0.05) is 19.7 Å². The Morgan fingerprint density at radius 3 is 2.62 bits per heavy atom. The Hall–Kier alpha value is -1.10. The summed E-state index contributed by atoms with van der Waals surface area (Å²) in [6, 6.07) is 0. The third kappa shape index (κ3) is 2.04. The lowest BCUT2D eigenvalue weighted by Crippen LogP contribution is -2.35. The number of ether oxygens (including phenoxy) is 1. The number of nitrogens with zero attached hydrogens (tertiary/aromatic N) is 1. The first-order valence-corrected chi connectivity index (χ1v) is 5.69. The summed E-state index contributed by atoms with van der Waals surface area (Å²) in [6.07, 6.45) is 0.765. The highest BCUT2D eigenvalue weighted by atomic mass is 16.5. The third-order valence-electron chi connectivity index (χ3n) is 3.52. The van der Waals surface area contributed by atoms with E-state index in [2.05, 4.69) is 0 Å². The molecule has 3 atom stereocenters. The van der Waals surface area contributed by atoms with E-state index in [9.17, 15) is 9.59 Å². The number of rotatable bonds is 2. The highest BCUT2D eigenvalue weighted by molar-refractivity contribution is 5.81. The minimum absolute atomic E-state index is 0.0452. The van der Waals surface area contributed by atoms with Crippen LogP contribution in [0.4, 0.5) is 0 Å². The summed E-state index contributed by atoms with van der Waals surface area (Å²) in [5, 5.41) is 8.99. The van der Waals surface area contributed by atoms with Crippen molar-refractivity contribution in [3.63, 3.8) is 0 Å². The van der Waals surface area contributed by atoms with Gasteiger partial charge in [-0.25, -0.2) is 0 Å². The second kappa shape index (κ2) is 4.41. The Bertz CT molecular complexity index is 298. The van der Waals surface area contributed by atoms with Gasteiger partial charge in [-0.2, -0.15) is 0 Å². The minimum atomic E-state index is -0.800. The van der Waals surface area contributed by atoms with Crippen LogP contribution < -0.4 is 0 Å². The third-order valence-corrected chi connectivity index (χ3v) is 3.52. The predicted molar refractivity (Wildman–Crippen MR) is 55.8 cm³/mol. The van der Waals surface area contributed by atoms with Crippen molar-refractivity contribution in [1.29, 1.82) is 0 Å². The van der Waals surface area contributed by atoms with E-state index in [4.69, 9.17) is 9.84 Å². The zero-order valence-electron chi connectivity index (χ0n) is 9.39. The molecule has 0 aromatic carbocycles. The molecule has 0 bridgehead atoms. The standard InChI is InChI=1S/C11H17NO4/c1-7-4-12(5-9(7)11(14)15)10(13)8-2-3-16-6-8/h7-9H,2-6H2,1H3,(H,14,15)/t7-,8?,9-/m1/s1. The van der Waals surface area contributed by atoms with Crippen LogP contribution in [-0.2, 0) is 14.3 Å². The average molecular weight is 227 g/mol. The number of carboxylic acids is 1. The fourth-order valence-corrected chi connectivity index (χ4v) is 2.46. The molecule has 16 heavy (non-hydrogen) atoms. The summed E-state index contributed by atoms with van der Waals surface area (Å²) in [4.78, 5) is 24.6. The van der Waals surface area contributed by atoms with Crippen molar-refractivity contribution in [2.24, 2.45) is 17.8 Å². The van der Waals surface area contributed by atoms with E-state index < -0.39 is 11.9 Å². The van der Waals surface area contributed by atoms with Gasteiger partial charge in [-0.1, -0.05) is 6.92 Å². The van der Waals surface area contributed by atoms with Gasteiger partial charge in [-0.05, 0) is 12.3 Å². The molecule has 0 saturated carbocycles. The molecule has 5 nitrogen and oxygen atoms in total. The molecule has 2 aliphatic heterocycles. The summed E-state index contributed by atoms with van der Waals surface area (Å²) in [5.74, 6) is -1.16. The van der Waals surface area contributed by atoms with Gasteiger partial charge < -0.3 is 14.7 Å². The zero-order chi connectivity index (χ0) is 11.7. The summed E-state index contributed by atoms with van der Waals surface area (Å²) >= 11 is 0. The van der Waals surface area contributed by atoms with Gasteiger partial charge in [0.25, 0.3) is 0 Å². The van der Waals surface area contributed by atoms with Gasteiger partial charge in [-0.15, -0.1) is 0 Å². The predicted octanol–water partition coefficient (Wildman–Crippen LogP) is 0.202. The maximum Gasteiger partial charge on any atom is 0.308 e. The van der Waals surface area contributed by atoms with Crippen LogP contribution in [0.15, 0.2) is 0 Å². The van der Waals surface area contributed by atoms with Crippen molar-refractivity contribution in [2.45, 2.75) is 13.3 Å². The molecule has 2 heterocycles. The van der Waals surface area contributed by atoms with Crippen LogP contribution in [-0.4, -0.2) is 48.2 Å². The molecule has 2 rings (SSSR count). The summed E-state index contributed by atoms with van der Waals surface area (Å²) in [7, 11) is 0. The molecule has 0 aliphatic carbocycles. The van der Waals surface area contributed by atoms with Gasteiger partial charge in [0.1, 0.15) is 0 Å². The van der Waals surface area contributed by atoms with Crippen LogP contribution in [0.5, 0.6) is 0 Å². The zero-order valence-corrected chi connectivity index (χ0v) is 9.39. The quantitative estimate of drug-likeness (QED) is 0.732. The number of hydrogen-bond donors (Lipinski definition) is 1. The summed E-state index contributed by atoms with van der Waals surface area (Å²) in [6.45, 7) is 3.93. The van der Waals surface area contributed by atoms with E-state index >= 15 is 0 Å². The van der Waals surface area contributed by atoms with Gasteiger partial charge in [-0.3, -0.25) is 9.59 Å². The molecule has 90 valence electrons. The molecule has 2 fully saturated rings. The number of carboxylic acid groups (broad SMARTS) is 1. The maximum atomic E-state index is 12.0. The molecule has 0 aromatic rings. The Labute approximate surface area is 94.4 Å². The summed E-state index contributed by atoms with van der Waals surface area (Å²) in [5.41, 5.74) is 0. The van der Waals surface area contributed by atoms with Crippen molar-refractivity contribution < 1.29 is 19.4 Å². The van der Waals surface area contributed by atoms with E-state index in [0.29, 0.717) is 26.3 Å². The first-order chi connectivity index (χ1) is 7.59. The number of carbonyl (C=O) groups is 2. The SMILES string of the molecule is C[C@@H]1CN(C(=O)C2CCOC2)C[C@H]1C(=O)O. The van der Waals surface area contributed by atoms with E-state index in [1.54, 1.807) is 4.90 Å². The van der Waals surface area contributed by atoms with Crippen molar-refractivity contribution in [3.8, 4) is 0 Å². The van der Waals surface area contributed by atoms with Crippen molar-refractivity contribution in [2.75, 3.05) is 26.3 Å². The summed E-state index contributed by atoms with van der Waals surface area (Å²) < 4.78 is 5.18. The number of amides is 1. The topological polar surface area (TPSA) is 66.8 Å². The molecule has 0 spiro atoms. The minimum Gasteiger partial charge on any atom is -0.481 e. The van der Waals surface area contributed by atoms with E-state index in [1.807, 2.05) is 6.92 Å². The number of likely N-dealkylation sites (tertiary alicyclic amines) is 1.